The molecule has 0 saturated carbocycles. The average Bonchev–Trinajstić information content (AvgIpc) is 3.07. The van der Waals surface area contributed by atoms with E-state index in [2.05, 4.69) is 4.98 Å². The molecule has 2 aromatic heterocycles. The van der Waals surface area contributed by atoms with Crippen LogP contribution in [0.25, 0.3) is 11.0 Å². The van der Waals surface area contributed by atoms with Crippen LogP contribution in [0.1, 0.15) is 11.1 Å². The molecule has 4 nitrogen and oxygen atoms in total. The third kappa shape index (κ3) is 3.84. The number of hydrogen-bond donors (Lipinski definition) is 0. The van der Waals surface area contributed by atoms with Crippen molar-refractivity contribution in [1.29, 1.82) is 0 Å². The van der Waals surface area contributed by atoms with Crippen LogP contribution in [-0.2, 0) is 12.3 Å². The van der Waals surface area contributed by atoms with Gasteiger partial charge < -0.3 is 9.30 Å². The zero-order valence-corrected chi connectivity index (χ0v) is 16.7. The Morgan fingerprint density at radius 2 is 2.04 bits per heavy atom. The number of imidazole rings is 1. The molecule has 0 N–H and O–H groups in total. The minimum absolute atomic E-state index is 0.286. The normalized spacial score (nSPS) is 11.1. The Balaban J connectivity index is 1.69. The molecule has 0 radical (unpaired) electrons. The molecule has 0 aliphatic carbocycles. The van der Waals surface area contributed by atoms with E-state index in [1.165, 1.54) is 6.07 Å². The molecule has 0 aliphatic rings. The molecule has 4 aromatic rings. The highest BCUT2D eigenvalue weighted by molar-refractivity contribution is 7.98. The second kappa shape index (κ2) is 8.20. The Kier molecular flexibility index (Phi) is 5.50. The topological polar surface area (TPSA) is 39.9 Å². The van der Waals surface area contributed by atoms with E-state index >= 15 is 0 Å². The first-order valence-corrected chi connectivity index (χ1v) is 10.0. The van der Waals surface area contributed by atoms with Crippen molar-refractivity contribution in [2.45, 2.75) is 17.5 Å². The van der Waals surface area contributed by atoms with Crippen molar-refractivity contribution in [3.63, 3.8) is 0 Å². The standard InChI is InChI=1S/C21H17ClFN3OS/c1-27-15-5-2-4-14(10-15)13-28-21-25-19-8-9-24-11-20(19)26(21)12-16-17(22)6-3-7-18(16)23/h2-11H,12-13H2,1H3. The van der Waals surface area contributed by atoms with E-state index in [0.717, 1.165) is 27.5 Å². The van der Waals surface area contributed by atoms with Crippen LogP contribution >= 0.6 is 23.4 Å². The fourth-order valence-corrected chi connectivity index (χ4v) is 4.14. The number of hydrogen-bond acceptors (Lipinski definition) is 4. The third-order valence-electron chi connectivity index (χ3n) is 4.40. The zero-order valence-electron chi connectivity index (χ0n) is 15.1. The van der Waals surface area contributed by atoms with Crippen molar-refractivity contribution < 1.29 is 9.13 Å². The fraction of sp³-hybridized carbons (Fsp3) is 0.143. The Labute approximate surface area is 171 Å². The Morgan fingerprint density at radius 1 is 1.18 bits per heavy atom. The van der Waals surface area contributed by atoms with Crippen molar-refractivity contribution >= 4 is 34.4 Å². The van der Waals surface area contributed by atoms with Crippen LogP contribution in [0.3, 0.4) is 0 Å². The molecule has 0 saturated heterocycles. The van der Waals surface area contributed by atoms with E-state index in [1.54, 1.807) is 43.4 Å². The number of nitrogens with zero attached hydrogens (tertiary/aromatic N) is 3. The molecule has 0 aliphatic heterocycles. The van der Waals surface area contributed by atoms with E-state index in [0.29, 0.717) is 16.3 Å². The van der Waals surface area contributed by atoms with E-state index in [4.69, 9.17) is 21.3 Å². The second-order valence-corrected chi connectivity index (χ2v) is 7.54. The monoisotopic (exact) mass is 413 g/mol. The quantitative estimate of drug-likeness (QED) is 0.387. The number of pyridine rings is 1. The molecule has 7 heteroatoms. The molecule has 0 amide bonds. The largest absolute Gasteiger partial charge is 0.497 e. The summed E-state index contributed by atoms with van der Waals surface area (Å²) in [7, 11) is 1.65. The molecule has 2 heterocycles. The smallest absolute Gasteiger partial charge is 0.169 e. The second-order valence-electron chi connectivity index (χ2n) is 6.19. The molecule has 0 spiro atoms. The van der Waals surface area contributed by atoms with Gasteiger partial charge in [-0.3, -0.25) is 4.98 Å². The summed E-state index contributed by atoms with van der Waals surface area (Å²) < 4.78 is 21.6. The summed E-state index contributed by atoms with van der Waals surface area (Å²) in [4.78, 5) is 8.92. The van der Waals surface area contributed by atoms with Crippen LogP contribution in [0.15, 0.2) is 66.1 Å². The van der Waals surface area contributed by atoms with E-state index in [9.17, 15) is 4.39 Å². The van der Waals surface area contributed by atoms with Crippen LogP contribution < -0.4 is 4.74 Å². The highest BCUT2D eigenvalue weighted by Gasteiger charge is 2.15. The predicted octanol–water partition coefficient (Wildman–Crippen LogP) is 5.57. The molecule has 4 rings (SSSR count). The summed E-state index contributed by atoms with van der Waals surface area (Å²) in [6, 6.07) is 14.5. The van der Waals surface area contributed by atoms with Gasteiger partial charge in [0.1, 0.15) is 11.6 Å². The molecule has 28 heavy (non-hydrogen) atoms. The molecule has 0 fully saturated rings. The molecule has 0 unspecified atom stereocenters. The van der Waals surface area contributed by atoms with Gasteiger partial charge in [0.2, 0.25) is 0 Å². The summed E-state index contributed by atoms with van der Waals surface area (Å²) >= 11 is 7.83. The molecule has 0 bridgehead atoms. The number of fused-ring (bicyclic) bond motifs is 1. The fourth-order valence-electron chi connectivity index (χ4n) is 2.96. The first kappa shape index (κ1) is 18.8. The number of benzene rings is 2. The van der Waals surface area contributed by atoms with Gasteiger partial charge in [0, 0.05) is 22.5 Å². The SMILES string of the molecule is COc1cccc(CSc2nc3ccncc3n2Cc2c(F)cccc2Cl)c1. The number of thioether (sulfide) groups is 1. The number of aromatic nitrogens is 3. The van der Waals surface area contributed by atoms with E-state index in [-0.39, 0.29) is 12.4 Å². The molecule has 2 aromatic carbocycles. The summed E-state index contributed by atoms with van der Waals surface area (Å²) in [6.45, 7) is 0.286. The summed E-state index contributed by atoms with van der Waals surface area (Å²) in [6.07, 6.45) is 3.44. The van der Waals surface area contributed by atoms with Crippen molar-refractivity contribution in [2.75, 3.05) is 7.11 Å². The lowest BCUT2D eigenvalue weighted by molar-refractivity contribution is 0.414. The Hall–Kier alpha value is -2.57. The maximum Gasteiger partial charge on any atom is 0.169 e. The minimum Gasteiger partial charge on any atom is -0.497 e. The number of halogens is 2. The van der Waals surface area contributed by atoms with Crippen LogP contribution in [0.5, 0.6) is 5.75 Å². The number of rotatable bonds is 6. The van der Waals surface area contributed by atoms with Crippen LogP contribution in [0, 0.1) is 5.82 Å². The highest BCUT2D eigenvalue weighted by Crippen LogP contribution is 2.30. The van der Waals surface area contributed by atoms with Crippen LogP contribution in [0.4, 0.5) is 4.39 Å². The minimum atomic E-state index is -0.331. The lowest BCUT2D eigenvalue weighted by Gasteiger charge is -2.11. The van der Waals surface area contributed by atoms with Crippen molar-refractivity contribution in [1.82, 2.24) is 14.5 Å². The summed E-state index contributed by atoms with van der Waals surface area (Å²) in [5, 5.41) is 1.18. The zero-order chi connectivity index (χ0) is 19.5. The van der Waals surface area contributed by atoms with Gasteiger partial charge in [-0.05, 0) is 35.9 Å². The van der Waals surface area contributed by atoms with Gasteiger partial charge in [0.25, 0.3) is 0 Å². The van der Waals surface area contributed by atoms with Gasteiger partial charge in [-0.2, -0.15) is 0 Å². The first-order valence-electron chi connectivity index (χ1n) is 8.64. The average molecular weight is 414 g/mol. The number of ether oxygens (including phenoxy) is 1. The van der Waals surface area contributed by atoms with Gasteiger partial charge in [-0.25, -0.2) is 9.37 Å². The first-order chi connectivity index (χ1) is 13.7. The number of methoxy groups -OCH3 is 1. The van der Waals surface area contributed by atoms with Crippen LogP contribution in [-0.4, -0.2) is 21.6 Å². The maximum absolute atomic E-state index is 14.4. The van der Waals surface area contributed by atoms with Gasteiger partial charge in [-0.15, -0.1) is 0 Å². The predicted molar refractivity (Wildman–Crippen MR) is 111 cm³/mol. The van der Waals surface area contributed by atoms with Crippen LogP contribution in [0.2, 0.25) is 5.02 Å². The maximum atomic E-state index is 14.4. The molecule has 0 atom stereocenters. The Morgan fingerprint density at radius 3 is 2.86 bits per heavy atom. The van der Waals surface area contributed by atoms with E-state index in [1.807, 2.05) is 34.9 Å². The Bertz CT molecular complexity index is 1110. The molecule has 142 valence electrons. The summed E-state index contributed by atoms with van der Waals surface area (Å²) in [5.74, 6) is 1.19. The molecular formula is C21H17ClFN3OS. The van der Waals surface area contributed by atoms with Crippen molar-refractivity contribution in [2.24, 2.45) is 0 Å². The highest BCUT2D eigenvalue weighted by atomic mass is 35.5. The van der Waals surface area contributed by atoms with Gasteiger partial charge in [0.05, 0.1) is 30.9 Å². The summed E-state index contributed by atoms with van der Waals surface area (Å²) in [5.41, 5.74) is 3.21. The van der Waals surface area contributed by atoms with Crippen molar-refractivity contribution in [3.8, 4) is 5.75 Å². The third-order valence-corrected chi connectivity index (χ3v) is 5.80. The lowest BCUT2D eigenvalue weighted by atomic mass is 10.2. The van der Waals surface area contributed by atoms with Gasteiger partial charge in [-0.1, -0.05) is 41.6 Å². The van der Waals surface area contributed by atoms with E-state index < -0.39 is 0 Å². The van der Waals surface area contributed by atoms with Crippen molar-refractivity contribution in [3.05, 3.63) is 82.9 Å². The van der Waals surface area contributed by atoms with Gasteiger partial charge >= 0.3 is 0 Å². The molecular weight excluding hydrogens is 397 g/mol. The lowest BCUT2D eigenvalue weighted by Crippen LogP contribution is -2.04. The van der Waals surface area contributed by atoms with Gasteiger partial charge in [0.15, 0.2) is 5.16 Å².